The van der Waals surface area contributed by atoms with E-state index in [4.69, 9.17) is 16.3 Å². The van der Waals surface area contributed by atoms with Gasteiger partial charge in [0, 0.05) is 26.7 Å². The highest BCUT2D eigenvalue weighted by atomic mass is 35.5. The van der Waals surface area contributed by atoms with Crippen molar-refractivity contribution >= 4 is 34.7 Å². The van der Waals surface area contributed by atoms with Crippen LogP contribution in [0.25, 0.3) is 0 Å². The molecule has 1 aliphatic rings. The number of anilines is 1. The molecule has 1 aliphatic carbocycles. The van der Waals surface area contributed by atoms with E-state index in [0.717, 1.165) is 30.6 Å². The summed E-state index contributed by atoms with van der Waals surface area (Å²) in [6.45, 7) is 2.34. The van der Waals surface area contributed by atoms with Crippen LogP contribution in [0, 0.1) is 0 Å². The van der Waals surface area contributed by atoms with E-state index in [2.05, 4.69) is 16.7 Å². The molecule has 146 valence electrons. The third-order valence-corrected chi connectivity index (χ3v) is 6.86. The van der Waals surface area contributed by atoms with Gasteiger partial charge < -0.3 is 20.5 Å². The lowest BCUT2D eigenvalue weighted by Gasteiger charge is -2.28. The lowest BCUT2D eigenvalue weighted by molar-refractivity contribution is 0.203. The van der Waals surface area contributed by atoms with E-state index in [-0.39, 0.29) is 11.4 Å². The Morgan fingerprint density at radius 1 is 1.33 bits per heavy atom. The summed E-state index contributed by atoms with van der Waals surface area (Å²) >= 11 is 7.66. The fourth-order valence-electron chi connectivity index (χ4n) is 3.62. The van der Waals surface area contributed by atoms with Gasteiger partial charge in [0.1, 0.15) is 5.75 Å². The van der Waals surface area contributed by atoms with Gasteiger partial charge in [-0.2, -0.15) is 0 Å². The monoisotopic (exact) mass is 408 g/mol. The zero-order chi connectivity index (χ0) is 19.4. The number of thiophene rings is 1. The van der Waals surface area contributed by atoms with Gasteiger partial charge in [0.25, 0.3) is 0 Å². The maximum atomic E-state index is 12.5. The van der Waals surface area contributed by atoms with E-state index in [0.29, 0.717) is 23.0 Å². The molecule has 2 amide bonds. The van der Waals surface area contributed by atoms with E-state index in [1.165, 1.54) is 4.88 Å². The molecule has 0 saturated heterocycles. The molecule has 1 heterocycles. The molecule has 0 bridgehead atoms. The number of ether oxygens (including phenoxy) is 1. The molecule has 7 heteroatoms. The third-order valence-electron chi connectivity index (χ3n) is 5.12. The molecular formula is C20H25ClN2O3S. The van der Waals surface area contributed by atoms with Crippen molar-refractivity contribution in [3.05, 3.63) is 45.1 Å². The molecule has 0 aliphatic heterocycles. The average Bonchev–Trinajstić information content (AvgIpc) is 3.30. The molecule has 0 radical (unpaired) electrons. The quantitative estimate of drug-likeness (QED) is 0.622. The molecule has 3 N–H and O–H groups in total. The van der Waals surface area contributed by atoms with Gasteiger partial charge in [-0.1, -0.05) is 24.4 Å². The molecule has 2 aromatic rings. The van der Waals surface area contributed by atoms with Gasteiger partial charge in [-0.25, -0.2) is 4.79 Å². The smallest absolute Gasteiger partial charge is 0.319 e. The lowest BCUT2D eigenvalue weighted by atomic mass is 9.84. The van der Waals surface area contributed by atoms with Gasteiger partial charge in [0.15, 0.2) is 0 Å². The first-order valence-electron chi connectivity index (χ1n) is 9.10. The van der Waals surface area contributed by atoms with Crippen LogP contribution >= 0.6 is 22.9 Å². The molecule has 1 fully saturated rings. The van der Waals surface area contributed by atoms with Crippen LogP contribution in [0.15, 0.2) is 30.3 Å². The minimum absolute atomic E-state index is 0.0619. The summed E-state index contributed by atoms with van der Waals surface area (Å²) in [6, 6.07) is 8.90. The van der Waals surface area contributed by atoms with Crippen molar-refractivity contribution in [3.8, 4) is 5.75 Å². The Morgan fingerprint density at radius 3 is 2.70 bits per heavy atom. The Hall–Kier alpha value is -1.76. The van der Waals surface area contributed by atoms with Gasteiger partial charge in [-0.05, 0) is 50.1 Å². The molecule has 0 spiro atoms. The van der Waals surface area contributed by atoms with Gasteiger partial charge in [0.2, 0.25) is 0 Å². The molecule has 3 rings (SSSR count). The molecule has 1 aromatic heterocycles. The number of hydrogen-bond donors (Lipinski definition) is 3. The van der Waals surface area contributed by atoms with Crippen molar-refractivity contribution in [2.45, 2.75) is 44.1 Å². The highest BCUT2D eigenvalue weighted by molar-refractivity contribution is 7.12. The maximum Gasteiger partial charge on any atom is 0.319 e. The Labute approximate surface area is 168 Å². The van der Waals surface area contributed by atoms with E-state index < -0.39 is 6.10 Å². The number of hydrogen-bond acceptors (Lipinski definition) is 4. The molecule has 1 aromatic carbocycles. The van der Waals surface area contributed by atoms with Gasteiger partial charge in [-0.3, -0.25) is 0 Å². The fourth-order valence-corrected chi connectivity index (χ4v) is 4.98. The number of methoxy groups -OCH3 is 1. The summed E-state index contributed by atoms with van der Waals surface area (Å²) in [7, 11) is 1.55. The highest BCUT2D eigenvalue weighted by Gasteiger charge is 2.37. The van der Waals surface area contributed by atoms with E-state index >= 15 is 0 Å². The maximum absolute atomic E-state index is 12.5. The van der Waals surface area contributed by atoms with E-state index in [9.17, 15) is 9.90 Å². The fraction of sp³-hybridized carbons (Fsp3) is 0.450. The normalized spacial score (nSPS) is 16.7. The van der Waals surface area contributed by atoms with E-state index in [1.54, 1.807) is 43.6 Å². The molecule has 1 saturated carbocycles. The van der Waals surface area contributed by atoms with Gasteiger partial charge >= 0.3 is 6.03 Å². The number of aliphatic hydroxyl groups is 1. The summed E-state index contributed by atoms with van der Waals surface area (Å²) in [5.74, 6) is 0.560. The predicted molar refractivity (Wildman–Crippen MR) is 110 cm³/mol. The van der Waals surface area contributed by atoms with Crippen molar-refractivity contribution in [2.75, 3.05) is 19.0 Å². The minimum atomic E-state index is -0.464. The largest absolute Gasteiger partial charge is 0.495 e. The topological polar surface area (TPSA) is 70.6 Å². The Bertz CT molecular complexity index is 800. The highest BCUT2D eigenvalue weighted by Crippen LogP contribution is 2.44. The third kappa shape index (κ3) is 4.57. The zero-order valence-electron chi connectivity index (χ0n) is 15.5. The van der Waals surface area contributed by atoms with Gasteiger partial charge in [-0.15, -0.1) is 11.3 Å². The second kappa shape index (κ2) is 8.50. The summed E-state index contributed by atoms with van der Waals surface area (Å²) in [4.78, 5) is 14.7. The Kier molecular flexibility index (Phi) is 6.29. The van der Waals surface area contributed by atoms with Crippen LogP contribution in [0.3, 0.4) is 0 Å². The number of amides is 2. The summed E-state index contributed by atoms with van der Waals surface area (Å²) in [5.41, 5.74) is 0.476. The van der Waals surface area contributed by atoms with Crippen LogP contribution in [-0.4, -0.2) is 24.8 Å². The number of carbonyl (C=O) groups is 1. The number of carbonyl (C=O) groups excluding carboxylic acids is 1. The Morgan fingerprint density at radius 2 is 2.07 bits per heavy atom. The minimum Gasteiger partial charge on any atom is -0.495 e. The van der Waals surface area contributed by atoms with Crippen LogP contribution in [0.5, 0.6) is 5.75 Å². The van der Waals surface area contributed by atoms with Crippen molar-refractivity contribution in [1.82, 2.24) is 5.32 Å². The summed E-state index contributed by atoms with van der Waals surface area (Å²) in [6.07, 6.45) is 3.90. The number of nitrogens with one attached hydrogen (secondary N) is 2. The molecule has 1 atom stereocenters. The molecule has 5 nitrogen and oxygen atoms in total. The summed E-state index contributed by atoms with van der Waals surface area (Å²) in [5, 5.41) is 16.2. The van der Waals surface area contributed by atoms with Crippen molar-refractivity contribution in [3.63, 3.8) is 0 Å². The summed E-state index contributed by atoms with van der Waals surface area (Å²) < 4.78 is 5.27. The standard InChI is InChI=1S/C20H25ClN2O3S/c1-13(24)17-7-8-18(27-17)20(9-3-4-10-20)12-22-19(25)23-15-11-14(21)5-6-16(15)26-2/h5-8,11,13,24H,3-4,9-10,12H2,1-2H3,(H2,22,23,25). The van der Waals surface area contributed by atoms with E-state index in [1.807, 2.05) is 6.07 Å². The van der Waals surface area contributed by atoms with Crippen LogP contribution in [0.4, 0.5) is 10.5 Å². The first-order valence-corrected chi connectivity index (χ1v) is 10.3. The van der Waals surface area contributed by atoms with Crippen LogP contribution in [-0.2, 0) is 5.41 Å². The van der Waals surface area contributed by atoms with Crippen molar-refractivity contribution in [1.29, 1.82) is 0 Å². The zero-order valence-corrected chi connectivity index (χ0v) is 17.1. The number of halogens is 1. The van der Waals surface area contributed by atoms with Gasteiger partial charge in [0.05, 0.1) is 18.9 Å². The number of urea groups is 1. The lowest BCUT2D eigenvalue weighted by Crippen LogP contribution is -2.40. The molecular weight excluding hydrogens is 384 g/mol. The van der Waals surface area contributed by atoms with Crippen LogP contribution in [0.2, 0.25) is 5.02 Å². The second-order valence-electron chi connectivity index (χ2n) is 7.02. The first-order chi connectivity index (χ1) is 12.9. The van der Waals surface area contributed by atoms with Crippen molar-refractivity contribution in [2.24, 2.45) is 0 Å². The Balaban J connectivity index is 1.69. The van der Waals surface area contributed by atoms with Crippen LogP contribution in [0.1, 0.15) is 48.5 Å². The molecule has 1 unspecified atom stereocenters. The number of aliphatic hydroxyl groups excluding tert-OH is 1. The first kappa shape index (κ1) is 20.0. The molecule has 27 heavy (non-hydrogen) atoms. The average molecular weight is 409 g/mol. The predicted octanol–water partition coefficient (Wildman–Crippen LogP) is 5.10. The number of rotatable bonds is 6. The van der Waals surface area contributed by atoms with Crippen molar-refractivity contribution < 1.29 is 14.6 Å². The van der Waals surface area contributed by atoms with Crippen LogP contribution < -0.4 is 15.4 Å². The number of benzene rings is 1. The second-order valence-corrected chi connectivity index (χ2v) is 8.57. The SMILES string of the molecule is COc1ccc(Cl)cc1NC(=O)NCC1(c2ccc(C(C)O)s2)CCCC1.